The summed E-state index contributed by atoms with van der Waals surface area (Å²) in [5, 5.41) is 0. The van der Waals surface area contributed by atoms with Crippen molar-refractivity contribution < 1.29 is 36.0 Å². The van der Waals surface area contributed by atoms with Crippen LogP contribution in [0.2, 0.25) is 0 Å². The summed E-state index contributed by atoms with van der Waals surface area (Å²) in [6, 6.07) is 3.88. The quantitative estimate of drug-likeness (QED) is 0.193. The summed E-state index contributed by atoms with van der Waals surface area (Å²) in [6.07, 6.45) is 13.7. The Bertz CT molecular complexity index is 1510. The number of hydrogen-bond acceptors (Lipinski definition) is 6. The molecule has 0 N–H and O–H groups in total. The van der Waals surface area contributed by atoms with Crippen LogP contribution < -0.4 is 0 Å². The molecule has 0 unspecified atom stereocenters. The van der Waals surface area contributed by atoms with Crippen LogP contribution >= 0.6 is 63.7 Å². The molecule has 2 aliphatic rings. The zero-order chi connectivity index (χ0) is 37.4. The van der Waals surface area contributed by atoms with Crippen LogP contribution in [0.3, 0.4) is 0 Å². The van der Waals surface area contributed by atoms with Crippen LogP contribution in [0.5, 0.6) is 0 Å². The van der Waals surface area contributed by atoms with E-state index in [1.165, 1.54) is 12.2 Å². The Balaban J connectivity index is 0.000000653. The van der Waals surface area contributed by atoms with Gasteiger partial charge < -0.3 is 0 Å². The molecule has 0 bridgehead atoms. The van der Waals surface area contributed by atoms with E-state index in [1.54, 1.807) is 24.8 Å². The Morgan fingerprint density at radius 3 is 0.837 bits per heavy atom. The van der Waals surface area contributed by atoms with Gasteiger partial charge in [-0.2, -0.15) is 0 Å². The fourth-order valence-electron chi connectivity index (χ4n) is 3.96. The average molecular weight is 973 g/mol. The van der Waals surface area contributed by atoms with E-state index >= 15 is 0 Å². The van der Waals surface area contributed by atoms with Crippen molar-refractivity contribution in [3.8, 4) is 0 Å². The predicted molar refractivity (Wildman–Crippen MR) is 209 cm³/mol. The molecule has 0 aliphatic heterocycles. The minimum Gasteiger partial charge on any atom is -0.286 e. The second kappa shape index (κ2) is 19.3. The SMILES string of the molecule is Brc1cncc(Br)c1.Brc1cncc(Br)c1.CC(C)(C)C1=CC(=O)C(=O)C(C(C)(C)C)=C1.CC(C)(C)C1=CC(=O)C(=O)C(C(C)(C)C)=C1.[Co]. The van der Waals surface area contributed by atoms with Crippen LogP contribution in [0.1, 0.15) is 83.1 Å². The monoisotopic (exact) mass is 969 g/mol. The van der Waals surface area contributed by atoms with Gasteiger partial charge in [0.2, 0.25) is 23.1 Å². The second-order valence-electron chi connectivity index (χ2n) is 15.3. The van der Waals surface area contributed by atoms with Gasteiger partial charge >= 0.3 is 0 Å². The van der Waals surface area contributed by atoms with Crippen molar-refractivity contribution in [1.82, 2.24) is 9.97 Å². The first-order chi connectivity index (χ1) is 21.6. The molecule has 4 rings (SSSR count). The van der Waals surface area contributed by atoms with Crippen molar-refractivity contribution >= 4 is 86.9 Å². The second-order valence-corrected chi connectivity index (χ2v) is 19.0. The number of nitrogens with zero attached hydrogens (tertiary/aromatic N) is 2. The van der Waals surface area contributed by atoms with Gasteiger partial charge in [0.25, 0.3) is 0 Å². The number of halogens is 4. The van der Waals surface area contributed by atoms with Crippen molar-refractivity contribution in [3.05, 3.63) is 101 Å². The third-order valence-electron chi connectivity index (χ3n) is 6.80. The number of aromatic nitrogens is 2. The van der Waals surface area contributed by atoms with Crippen LogP contribution in [0.15, 0.2) is 101 Å². The first kappa shape index (κ1) is 47.4. The van der Waals surface area contributed by atoms with Gasteiger partial charge in [0.15, 0.2) is 0 Å². The van der Waals surface area contributed by atoms with Gasteiger partial charge in [-0.05, 0) is 121 Å². The number of hydrogen-bond donors (Lipinski definition) is 0. The number of allylic oxidation sites excluding steroid dienone is 8. The van der Waals surface area contributed by atoms with Gasteiger partial charge in [0.05, 0.1) is 0 Å². The topological polar surface area (TPSA) is 94.1 Å². The molecule has 0 aromatic carbocycles. The number of ketones is 4. The number of carbonyl (C=O) groups excluding carboxylic acids is 4. The largest absolute Gasteiger partial charge is 0.286 e. The molecule has 2 aromatic heterocycles. The van der Waals surface area contributed by atoms with Crippen LogP contribution in [0, 0.1) is 21.7 Å². The van der Waals surface area contributed by atoms with E-state index < -0.39 is 11.6 Å². The molecule has 1 radical (unpaired) electrons. The molecule has 0 fully saturated rings. The van der Waals surface area contributed by atoms with Gasteiger partial charge in [-0.1, -0.05) is 95.2 Å². The van der Waals surface area contributed by atoms with Gasteiger partial charge in [-0.25, -0.2) is 0 Å². The smallest absolute Gasteiger partial charge is 0.229 e. The standard InChI is InChI=1S/2C14H20O2.2C5H3Br2N.Co/c2*1-13(2,3)9-7-10(14(4,5)6)12(16)11(15)8-9;2*6-4-1-5(7)3-8-2-4;/h2*7-8H,1-6H3;2*1-3H;. The van der Waals surface area contributed by atoms with E-state index in [-0.39, 0.29) is 50.0 Å². The van der Waals surface area contributed by atoms with Crippen LogP contribution in [0.25, 0.3) is 0 Å². The maximum atomic E-state index is 11.8. The van der Waals surface area contributed by atoms with Gasteiger partial charge in [-0.3, -0.25) is 29.1 Å². The average Bonchev–Trinajstić information content (AvgIpc) is 2.90. The maximum absolute atomic E-state index is 11.8. The molecule has 6 nitrogen and oxygen atoms in total. The Morgan fingerprint density at radius 2 is 0.673 bits per heavy atom. The van der Waals surface area contributed by atoms with Crippen LogP contribution in [0.4, 0.5) is 0 Å². The summed E-state index contributed by atoms with van der Waals surface area (Å²) < 4.78 is 3.97. The van der Waals surface area contributed by atoms with Crippen molar-refractivity contribution in [1.29, 1.82) is 0 Å². The number of rotatable bonds is 0. The number of carbonyl (C=O) groups is 4. The third kappa shape index (κ3) is 16.5. The number of pyridine rings is 2. The van der Waals surface area contributed by atoms with E-state index in [2.05, 4.69) is 73.7 Å². The Kier molecular flexibility index (Phi) is 18.6. The zero-order valence-electron chi connectivity index (χ0n) is 30.1. The predicted octanol–water partition coefficient (Wildman–Crippen LogP) is 11.4. The Morgan fingerprint density at radius 1 is 0.429 bits per heavy atom. The van der Waals surface area contributed by atoms with Crippen molar-refractivity contribution in [2.45, 2.75) is 83.1 Å². The van der Waals surface area contributed by atoms with E-state index in [1.807, 2.05) is 107 Å². The third-order valence-corrected chi connectivity index (χ3v) is 8.54. The fraction of sp³-hybridized carbons (Fsp3) is 0.421. The summed E-state index contributed by atoms with van der Waals surface area (Å²) >= 11 is 13.1. The van der Waals surface area contributed by atoms with E-state index in [0.29, 0.717) is 11.1 Å². The first-order valence-corrected chi connectivity index (χ1v) is 18.4. The molecule has 269 valence electrons. The van der Waals surface area contributed by atoms with Crippen LogP contribution in [-0.2, 0) is 36.0 Å². The normalized spacial score (nSPS) is 15.0. The molecule has 2 heterocycles. The van der Waals surface area contributed by atoms with E-state index in [9.17, 15) is 19.2 Å². The number of Topliss-reactive ketones (excluding diaryl/α,β-unsaturated/α-hetero) is 2. The minimum absolute atomic E-state index is 0. The summed E-state index contributed by atoms with van der Waals surface area (Å²) in [5.41, 5.74) is 2.33. The summed E-state index contributed by atoms with van der Waals surface area (Å²) in [6.45, 7) is 24.0. The molecule has 0 amide bonds. The van der Waals surface area contributed by atoms with Gasteiger partial charge in [0.1, 0.15) is 0 Å². The first-order valence-electron chi connectivity index (χ1n) is 15.2. The summed E-state index contributed by atoms with van der Waals surface area (Å²) in [5.74, 6) is -1.50. The molecule has 2 aromatic rings. The van der Waals surface area contributed by atoms with Crippen LogP contribution in [-0.4, -0.2) is 33.1 Å². The molecular weight excluding hydrogens is 927 g/mol. The molecule has 0 atom stereocenters. The Labute approximate surface area is 336 Å². The fourth-order valence-corrected chi connectivity index (χ4v) is 6.03. The van der Waals surface area contributed by atoms with Crippen molar-refractivity contribution in [3.63, 3.8) is 0 Å². The minimum atomic E-state index is -0.391. The Hall–Kier alpha value is -1.63. The van der Waals surface area contributed by atoms with E-state index in [4.69, 9.17) is 0 Å². The summed E-state index contributed by atoms with van der Waals surface area (Å²) in [4.78, 5) is 54.6. The molecule has 49 heavy (non-hydrogen) atoms. The molecule has 2 aliphatic carbocycles. The molecule has 0 spiro atoms. The van der Waals surface area contributed by atoms with Gasteiger partial charge in [0, 0.05) is 70.6 Å². The molecule has 11 heteroatoms. The maximum Gasteiger partial charge on any atom is 0.229 e. The molecular formula is C38H46Br4CoN2O4. The zero-order valence-corrected chi connectivity index (χ0v) is 37.5. The van der Waals surface area contributed by atoms with Crippen molar-refractivity contribution in [2.75, 3.05) is 0 Å². The van der Waals surface area contributed by atoms with Crippen molar-refractivity contribution in [2.24, 2.45) is 21.7 Å². The molecule has 0 saturated carbocycles. The molecule has 0 saturated heterocycles. The summed E-state index contributed by atoms with van der Waals surface area (Å²) in [7, 11) is 0. The van der Waals surface area contributed by atoms with Gasteiger partial charge in [-0.15, -0.1) is 0 Å². The van der Waals surface area contributed by atoms with E-state index in [0.717, 1.165) is 29.0 Å².